The Bertz CT molecular complexity index is 555. The fourth-order valence-corrected chi connectivity index (χ4v) is 2.75. The van der Waals surface area contributed by atoms with Crippen molar-refractivity contribution in [3.05, 3.63) is 56.1 Å². The van der Waals surface area contributed by atoms with E-state index in [9.17, 15) is 5.11 Å². The van der Waals surface area contributed by atoms with E-state index in [-0.39, 0.29) is 0 Å². The van der Waals surface area contributed by atoms with Crippen LogP contribution in [0, 0.1) is 3.57 Å². The Morgan fingerprint density at radius 2 is 1.94 bits per heavy atom. The number of aliphatic hydroxyl groups is 1. The van der Waals surface area contributed by atoms with Crippen molar-refractivity contribution < 1.29 is 9.84 Å². The molecule has 0 saturated heterocycles. The first-order valence-corrected chi connectivity index (χ1v) is 7.35. The lowest BCUT2D eigenvalue weighted by molar-refractivity contribution is 0.198. The van der Waals surface area contributed by atoms with Crippen molar-refractivity contribution in [2.24, 2.45) is 0 Å². The predicted octanol–water partition coefficient (Wildman–Crippen LogP) is 4.90. The first-order valence-electron chi connectivity index (χ1n) is 5.48. The molecule has 2 aromatic carbocycles. The van der Waals surface area contributed by atoms with Gasteiger partial charge in [-0.1, -0.05) is 34.1 Å². The number of ether oxygens (including phenoxy) is 1. The van der Waals surface area contributed by atoms with Crippen LogP contribution in [0.1, 0.15) is 18.6 Å². The fourth-order valence-electron chi connectivity index (χ4n) is 1.56. The van der Waals surface area contributed by atoms with Gasteiger partial charge in [0.05, 0.1) is 9.67 Å². The van der Waals surface area contributed by atoms with Crippen LogP contribution in [0.25, 0.3) is 0 Å². The molecule has 18 heavy (non-hydrogen) atoms. The van der Waals surface area contributed by atoms with Gasteiger partial charge in [-0.25, -0.2) is 0 Å². The maximum atomic E-state index is 9.56. The molecule has 0 unspecified atom stereocenters. The van der Waals surface area contributed by atoms with Crippen molar-refractivity contribution in [2.45, 2.75) is 13.0 Å². The molecule has 0 bridgehead atoms. The Balaban J connectivity index is 2.26. The fraction of sp³-hybridized carbons (Fsp3) is 0.143. The number of benzene rings is 2. The van der Waals surface area contributed by atoms with E-state index in [4.69, 9.17) is 4.74 Å². The zero-order chi connectivity index (χ0) is 13.1. The lowest BCUT2D eigenvalue weighted by Gasteiger charge is -2.11. The third-order valence-corrected chi connectivity index (χ3v) is 4.06. The van der Waals surface area contributed by atoms with Gasteiger partial charge < -0.3 is 9.84 Å². The maximum Gasteiger partial charge on any atom is 0.140 e. The van der Waals surface area contributed by atoms with Crippen molar-refractivity contribution in [3.8, 4) is 11.5 Å². The van der Waals surface area contributed by atoms with Gasteiger partial charge in [0, 0.05) is 4.47 Å². The molecule has 2 aromatic rings. The van der Waals surface area contributed by atoms with E-state index < -0.39 is 6.10 Å². The van der Waals surface area contributed by atoms with Gasteiger partial charge in [0.25, 0.3) is 0 Å². The zero-order valence-corrected chi connectivity index (χ0v) is 13.5. The average Bonchev–Trinajstić information content (AvgIpc) is 2.32. The molecule has 0 aliphatic carbocycles. The Morgan fingerprint density at radius 3 is 2.56 bits per heavy atom. The van der Waals surface area contributed by atoms with E-state index in [1.165, 1.54) is 0 Å². The summed E-state index contributed by atoms with van der Waals surface area (Å²) in [6, 6.07) is 13.4. The van der Waals surface area contributed by atoms with E-state index in [1.807, 2.05) is 42.5 Å². The molecular weight excluding hydrogens is 407 g/mol. The summed E-state index contributed by atoms with van der Waals surface area (Å²) in [7, 11) is 0. The quantitative estimate of drug-likeness (QED) is 0.718. The molecule has 0 heterocycles. The van der Waals surface area contributed by atoms with Gasteiger partial charge in [0.2, 0.25) is 0 Å². The van der Waals surface area contributed by atoms with Crippen LogP contribution in [0.5, 0.6) is 11.5 Å². The number of hydrogen-bond donors (Lipinski definition) is 1. The number of hydrogen-bond acceptors (Lipinski definition) is 2. The van der Waals surface area contributed by atoms with Crippen LogP contribution in [0.3, 0.4) is 0 Å². The highest BCUT2D eigenvalue weighted by atomic mass is 127. The molecule has 4 heteroatoms. The zero-order valence-electron chi connectivity index (χ0n) is 9.73. The molecule has 0 aromatic heterocycles. The molecule has 0 radical (unpaired) electrons. The third-order valence-electron chi connectivity index (χ3n) is 2.49. The standard InChI is InChI=1S/C14H12BrIO2/c1-9(17)11-7-6-10(8-12(11)15)18-14-5-3-2-4-13(14)16/h2-9,17H,1H3/t9-/m0/s1. The number of para-hydroxylation sites is 1. The van der Waals surface area contributed by atoms with Gasteiger partial charge in [-0.3, -0.25) is 0 Å². The van der Waals surface area contributed by atoms with Gasteiger partial charge in [0.1, 0.15) is 11.5 Å². The van der Waals surface area contributed by atoms with E-state index in [1.54, 1.807) is 6.92 Å². The van der Waals surface area contributed by atoms with Crippen molar-refractivity contribution in [1.29, 1.82) is 0 Å². The van der Waals surface area contributed by atoms with E-state index in [0.29, 0.717) is 0 Å². The molecule has 0 aliphatic rings. The number of halogens is 2. The highest BCUT2D eigenvalue weighted by molar-refractivity contribution is 14.1. The highest BCUT2D eigenvalue weighted by Gasteiger charge is 2.08. The molecule has 1 atom stereocenters. The van der Waals surface area contributed by atoms with Gasteiger partial charge in [-0.05, 0) is 59.3 Å². The summed E-state index contributed by atoms with van der Waals surface area (Å²) in [5.74, 6) is 1.57. The van der Waals surface area contributed by atoms with Crippen LogP contribution in [-0.4, -0.2) is 5.11 Å². The topological polar surface area (TPSA) is 29.5 Å². The molecule has 2 rings (SSSR count). The molecule has 0 amide bonds. The summed E-state index contributed by atoms with van der Waals surface area (Å²) in [6.07, 6.45) is -0.495. The third kappa shape index (κ3) is 3.24. The van der Waals surface area contributed by atoms with Crippen molar-refractivity contribution in [1.82, 2.24) is 0 Å². The second-order valence-electron chi connectivity index (χ2n) is 3.89. The largest absolute Gasteiger partial charge is 0.456 e. The van der Waals surface area contributed by atoms with Crippen LogP contribution in [0.15, 0.2) is 46.9 Å². The van der Waals surface area contributed by atoms with Crippen molar-refractivity contribution in [3.63, 3.8) is 0 Å². The molecule has 0 aliphatic heterocycles. The van der Waals surface area contributed by atoms with Gasteiger partial charge in [0.15, 0.2) is 0 Å². The highest BCUT2D eigenvalue weighted by Crippen LogP contribution is 2.31. The molecule has 2 nitrogen and oxygen atoms in total. The normalized spacial score (nSPS) is 12.2. The summed E-state index contributed by atoms with van der Waals surface area (Å²) < 4.78 is 7.71. The Hall–Kier alpha value is -0.590. The van der Waals surface area contributed by atoms with E-state index >= 15 is 0 Å². The van der Waals surface area contributed by atoms with Crippen LogP contribution in [0.4, 0.5) is 0 Å². The summed E-state index contributed by atoms with van der Waals surface area (Å²) in [4.78, 5) is 0. The minimum atomic E-state index is -0.495. The van der Waals surface area contributed by atoms with Gasteiger partial charge >= 0.3 is 0 Å². The van der Waals surface area contributed by atoms with Crippen LogP contribution in [0.2, 0.25) is 0 Å². The van der Waals surface area contributed by atoms with E-state index in [2.05, 4.69) is 38.5 Å². The summed E-state index contributed by atoms with van der Waals surface area (Å²) in [6.45, 7) is 1.74. The first kappa shape index (κ1) is 13.8. The first-order chi connectivity index (χ1) is 8.58. The lowest BCUT2D eigenvalue weighted by atomic mass is 10.1. The van der Waals surface area contributed by atoms with Crippen LogP contribution in [-0.2, 0) is 0 Å². The summed E-state index contributed by atoms with van der Waals surface area (Å²) >= 11 is 5.67. The molecule has 94 valence electrons. The Morgan fingerprint density at radius 1 is 1.22 bits per heavy atom. The predicted molar refractivity (Wildman–Crippen MR) is 84.0 cm³/mol. The average molecular weight is 419 g/mol. The second kappa shape index (κ2) is 6.04. The van der Waals surface area contributed by atoms with Crippen molar-refractivity contribution in [2.75, 3.05) is 0 Å². The minimum Gasteiger partial charge on any atom is -0.456 e. The Labute approximate surface area is 128 Å². The summed E-state index contributed by atoms with van der Waals surface area (Å²) in [5, 5.41) is 9.56. The van der Waals surface area contributed by atoms with Gasteiger partial charge in [-0.15, -0.1) is 0 Å². The summed E-state index contributed by atoms with van der Waals surface area (Å²) in [5.41, 5.74) is 0.852. The molecule has 0 spiro atoms. The monoisotopic (exact) mass is 418 g/mol. The van der Waals surface area contributed by atoms with Crippen molar-refractivity contribution >= 4 is 38.5 Å². The molecule has 0 saturated carbocycles. The molecule has 0 fully saturated rings. The van der Waals surface area contributed by atoms with E-state index in [0.717, 1.165) is 25.1 Å². The van der Waals surface area contributed by atoms with Crippen LogP contribution >= 0.6 is 38.5 Å². The molecular formula is C14H12BrIO2. The Kier molecular flexibility index (Phi) is 4.64. The molecule has 1 N–H and O–H groups in total. The number of rotatable bonds is 3. The smallest absolute Gasteiger partial charge is 0.140 e. The minimum absolute atomic E-state index is 0.495. The lowest BCUT2D eigenvalue weighted by Crippen LogP contribution is -1.93. The number of aliphatic hydroxyl groups excluding tert-OH is 1. The SMILES string of the molecule is C[C@H](O)c1ccc(Oc2ccccc2I)cc1Br. The second-order valence-corrected chi connectivity index (χ2v) is 5.91. The van der Waals surface area contributed by atoms with Crippen LogP contribution < -0.4 is 4.74 Å². The maximum absolute atomic E-state index is 9.56. The van der Waals surface area contributed by atoms with Gasteiger partial charge in [-0.2, -0.15) is 0 Å².